The van der Waals surface area contributed by atoms with Crippen molar-refractivity contribution in [3.8, 4) is 0 Å². The third-order valence-corrected chi connectivity index (χ3v) is 3.42. The van der Waals surface area contributed by atoms with Crippen molar-refractivity contribution >= 4 is 12.0 Å². The molecule has 6 heteroatoms. The second-order valence-electron chi connectivity index (χ2n) is 4.58. The third kappa shape index (κ3) is 4.18. The maximum Gasteiger partial charge on any atom is 0.326 e. The molecule has 2 atom stereocenters. The SMILES string of the molecule is CCC(NC(=O)NCC1CCCN1CC)C(=O)O. The molecule has 0 bridgehead atoms. The molecule has 6 nitrogen and oxygen atoms in total. The molecule has 0 aliphatic carbocycles. The van der Waals surface area contributed by atoms with Crippen LogP contribution >= 0.6 is 0 Å². The number of nitrogens with one attached hydrogen (secondary N) is 2. The summed E-state index contributed by atoms with van der Waals surface area (Å²) in [5, 5.41) is 14.0. The van der Waals surface area contributed by atoms with Crippen molar-refractivity contribution in [2.45, 2.75) is 45.2 Å². The molecule has 2 unspecified atom stereocenters. The van der Waals surface area contributed by atoms with Gasteiger partial charge in [0.15, 0.2) is 0 Å². The molecule has 1 heterocycles. The molecule has 3 N–H and O–H groups in total. The average Bonchev–Trinajstić information content (AvgIpc) is 2.80. The highest BCUT2D eigenvalue weighted by molar-refractivity contribution is 5.82. The number of urea groups is 1. The smallest absolute Gasteiger partial charge is 0.326 e. The van der Waals surface area contributed by atoms with Gasteiger partial charge in [0, 0.05) is 12.6 Å². The first kappa shape index (κ1) is 14.8. The Morgan fingerprint density at radius 2 is 2.17 bits per heavy atom. The Hall–Kier alpha value is -1.30. The normalized spacial score (nSPS) is 21.6. The van der Waals surface area contributed by atoms with E-state index in [1.165, 1.54) is 0 Å². The predicted molar refractivity (Wildman–Crippen MR) is 68.5 cm³/mol. The van der Waals surface area contributed by atoms with E-state index >= 15 is 0 Å². The van der Waals surface area contributed by atoms with Gasteiger partial charge in [0.1, 0.15) is 6.04 Å². The summed E-state index contributed by atoms with van der Waals surface area (Å²) >= 11 is 0. The summed E-state index contributed by atoms with van der Waals surface area (Å²) in [5.74, 6) is -0.997. The van der Waals surface area contributed by atoms with Gasteiger partial charge in [0.25, 0.3) is 0 Å². The molecule has 1 aliphatic heterocycles. The van der Waals surface area contributed by atoms with E-state index in [0.717, 1.165) is 25.9 Å². The number of nitrogens with zero attached hydrogens (tertiary/aromatic N) is 1. The lowest BCUT2D eigenvalue weighted by Gasteiger charge is -2.23. The number of amides is 2. The Bertz CT molecular complexity index is 296. The predicted octanol–water partition coefficient (Wildman–Crippen LogP) is 0.633. The third-order valence-electron chi connectivity index (χ3n) is 3.42. The quantitative estimate of drug-likeness (QED) is 0.652. The highest BCUT2D eigenvalue weighted by Gasteiger charge is 2.24. The van der Waals surface area contributed by atoms with E-state index in [2.05, 4.69) is 22.5 Å². The molecule has 0 aromatic heterocycles. The zero-order chi connectivity index (χ0) is 13.5. The topological polar surface area (TPSA) is 81.7 Å². The van der Waals surface area contributed by atoms with Crippen molar-refractivity contribution in [1.82, 2.24) is 15.5 Å². The number of carbonyl (C=O) groups is 2. The minimum Gasteiger partial charge on any atom is -0.480 e. The van der Waals surface area contributed by atoms with E-state index in [4.69, 9.17) is 5.11 Å². The van der Waals surface area contributed by atoms with Crippen LogP contribution in [0.15, 0.2) is 0 Å². The maximum absolute atomic E-state index is 11.6. The molecule has 1 fully saturated rings. The zero-order valence-corrected chi connectivity index (χ0v) is 11.1. The monoisotopic (exact) mass is 257 g/mol. The molecule has 18 heavy (non-hydrogen) atoms. The van der Waals surface area contributed by atoms with Crippen LogP contribution in [0.2, 0.25) is 0 Å². The number of hydrogen-bond donors (Lipinski definition) is 3. The van der Waals surface area contributed by atoms with Crippen molar-refractivity contribution in [3.05, 3.63) is 0 Å². The van der Waals surface area contributed by atoms with Gasteiger partial charge in [0.05, 0.1) is 0 Å². The van der Waals surface area contributed by atoms with Gasteiger partial charge in [0.2, 0.25) is 0 Å². The summed E-state index contributed by atoms with van der Waals surface area (Å²) in [4.78, 5) is 24.7. The number of carboxylic acids is 1. The number of likely N-dealkylation sites (N-methyl/N-ethyl adjacent to an activating group) is 1. The largest absolute Gasteiger partial charge is 0.480 e. The van der Waals surface area contributed by atoms with Crippen LogP contribution in [0.5, 0.6) is 0 Å². The molecule has 0 spiro atoms. The summed E-state index contributed by atoms with van der Waals surface area (Å²) in [6, 6.07) is -0.825. The molecule has 0 aromatic rings. The van der Waals surface area contributed by atoms with Crippen molar-refractivity contribution in [2.24, 2.45) is 0 Å². The van der Waals surface area contributed by atoms with Gasteiger partial charge in [-0.2, -0.15) is 0 Å². The summed E-state index contributed by atoms with van der Waals surface area (Å²) in [5.41, 5.74) is 0. The lowest BCUT2D eigenvalue weighted by molar-refractivity contribution is -0.139. The Kier molecular flexibility index (Phi) is 5.91. The van der Waals surface area contributed by atoms with Gasteiger partial charge in [-0.15, -0.1) is 0 Å². The van der Waals surface area contributed by atoms with E-state index in [-0.39, 0.29) is 0 Å². The fraction of sp³-hybridized carbons (Fsp3) is 0.833. The van der Waals surface area contributed by atoms with Crippen LogP contribution in [0.25, 0.3) is 0 Å². The van der Waals surface area contributed by atoms with E-state index < -0.39 is 18.0 Å². The van der Waals surface area contributed by atoms with E-state index in [0.29, 0.717) is 19.0 Å². The molecule has 104 valence electrons. The highest BCUT2D eigenvalue weighted by Crippen LogP contribution is 2.15. The first-order chi connectivity index (χ1) is 8.58. The van der Waals surface area contributed by atoms with Crippen LogP contribution in [0.3, 0.4) is 0 Å². The van der Waals surface area contributed by atoms with Gasteiger partial charge in [-0.05, 0) is 32.4 Å². The molecule has 1 rings (SSSR count). The van der Waals surface area contributed by atoms with Crippen LogP contribution < -0.4 is 10.6 Å². The van der Waals surface area contributed by atoms with Gasteiger partial charge < -0.3 is 15.7 Å². The minimum atomic E-state index is -0.997. The average molecular weight is 257 g/mol. The Balaban J connectivity index is 2.30. The zero-order valence-electron chi connectivity index (χ0n) is 11.1. The first-order valence-electron chi connectivity index (χ1n) is 6.59. The van der Waals surface area contributed by atoms with Crippen molar-refractivity contribution in [2.75, 3.05) is 19.6 Å². The summed E-state index contributed by atoms with van der Waals surface area (Å²) < 4.78 is 0. The molecule has 1 aliphatic rings. The maximum atomic E-state index is 11.6. The fourth-order valence-corrected chi connectivity index (χ4v) is 2.30. The Labute approximate surface area is 108 Å². The van der Waals surface area contributed by atoms with Gasteiger partial charge >= 0.3 is 12.0 Å². The van der Waals surface area contributed by atoms with Crippen LogP contribution in [0, 0.1) is 0 Å². The molecule has 0 saturated carbocycles. The highest BCUT2D eigenvalue weighted by atomic mass is 16.4. The van der Waals surface area contributed by atoms with Crippen molar-refractivity contribution < 1.29 is 14.7 Å². The van der Waals surface area contributed by atoms with Crippen molar-refractivity contribution in [1.29, 1.82) is 0 Å². The molecule has 2 amide bonds. The number of rotatable bonds is 6. The minimum absolute atomic E-state index is 0.380. The lowest BCUT2D eigenvalue weighted by atomic mass is 10.2. The number of carbonyl (C=O) groups excluding carboxylic acids is 1. The number of hydrogen-bond acceptors (Lipinski definition) is 3. The Morgan fingerprint density at radius 3 is 2.72 bits per heavy atom. The van der Waals surface area contributed by atoms with Gasteiger partial charge in [-0.25, -0.2) is 9.59 Å². The van der Waals surface area contributed by atoms with Crippen LogP contribution in [-0.2, 0) is 4.79 Å². The van der Waals surface area contributed by atoms with Gasteiger partial charge in [-0.3, -0.25) is 4.90 Å². The molecule has 0 radical (unpaired) electrons. The summed E-state index contributed by atoms with van der Waals surface area (Å²) in [7, 11) is 0. The second kappa shape index (κ2) is 7.20. The number of aliphatic carboxylic acids is 1. The standard InChI is InChI=1S/C12H23N3O3/c1-3-10(11(16)17)14-12(18)13-8-9-6-5-7-15(9)4-2/h9-10H,3-8H2,1-2H3,(H,16,17)(H2,13,14,18). The first-order valence-corrected chi connectivity index (χ1v) is 6.59. The number of likely N-dealkylation sites (tertiary alicyclic amines) is 1. The number of carboxylic acid groups (broad SMARTS) is 1. The molecular formula is C12H23N3O3. The van der Waals surface area contributed by atoms with Crippen LogP contribution in [0.4, 0.5) is 4.79 Å². The van der Waals surface area contributed by atoms with E-state index in [9.17, 15) is 9.59 Å². The van der Waals surface area contributed by atoms with Crippen LogP contribution in [0.1, 0.15) is 33.1 Å². The van der Waals surface area contributed by atoms with Crippen molar-refractivity contribution in [3.63, 3.8) is 0 Å². The molecule has 0 aromatic carbocycles. The van der Waals surface area contributed by atoms with Crippen LogP contribution in [-0.4, -0.2) is 53.7 Å². The Morgan fingerprint density at radius 1 is 1.44 bits per heavy atom. The second-order valence-corrected chi connectivity index (χ2v) is 4.58. The van der Waals surface area contributed by atoms with Gasteiger partial charge in [-0.1, -0.05) is 13.8 Å². The molecular weight excluding hydrogens is 234 g/mol. The summed E-state index contributed by atoms with van der Waals surface area (Å²) in [6.07, 6.45) is 2.63. The fourth-order valence-electron chi connectivity index (χ4n) is 2.30. The van der Waals surface area contributed by atoms with E-state index in [1.54, 1.807) is 6.92 Å². The molecule has 1 saturated heterocycles. The summed E-state index contributed by atoms with van der Waals surface area (Å²) in [6.45, 7) is 6.48. The lowest BCUT2D eigenvalue weighted by Crippen LogP contribution is -2.48. The van der Waals surface area contributed by atoms with E-state index in [1.807, 2.05) is 0 Å².